The lowest BCUT2D eigenvalue weighted by Crippen LogP contribution is -2.30. The number of nitrogens with zero attached hydrogens (tertiary/aromatic N) is 1. The zero-order valence-corrected chi connectivity index (χ0v) is 12.7. The van der Waals surface area contributed by atoms with Crippen LogP contribution in [0.2, 0.25) is 5.02 Å². The summed E-state index contributed by atoms with van der Waals surface area (Å²) < 4.78 is 18.7. The lowest BCUT2D eigenvalue weighted by molar-refractivity contribution is -0.387. The second kappa shape index (κ2) is 7.06. The molecule has 0 bridgehead atoms. The molecule has 0 saturated carbocycles. The van der Waals surface area contributed by atoms with E-state index in [4.69, 9.17) is 16.3 Å². The van der Waals surface area contributed by atoms with Crippen LogP contribution in [-0.2, 0) is 4.79 Å². The van der Waals surface area contributed by atoms with Gasteiger partial charge in [-0.1, -0.05) is 17.7 Å². The molecule has 0 aliphatic rings. The Morgan fingerprint density at radius 3 is 2.74 bits per heavy atom. The summed E-state index contributed by atoms with van der Waals surface area (Å²) >= 11 is 5.82. The number of halogens is 2. The molecule has 2 aromatic carbocycles. The van der Waals surface area contributed by atoms with Gasteiger partial charge in [0.05, 0.1) is 4.92 Å². The van der Waals surface area contributed by atoms with Crippen molar-refractivity contribution in [3.8, 4) is 5.75 Å². The molecule has 0 unspecified atom stereocenters. The van der Waals surface area contributed by atoms with Gasteiger partial charge in [-0.05, 0) is 37.3 Å². The zero-order valence-electron chi connectivity index (χ0n) is 12.0. The molecule has 0 aliphatic carbocycles. The van der Waals surface area contributed by atoms with E-state index in [9.17, 15) is 19.3 Å². The Balaban J connectivity index is 2.06. The topological polar surface area (TPSA) is 81.5 Å². The van der Waals surface area contributed by atoms with Crippen LogP contribution in [0.1, 0.15) is 6.92 Å². The maximum atomic E-state index is 13.3. The molecule has 0 fully saturated rings. The molecule has 2 rings (SSSR count). The zero-order chi connectivity index (χ0) is 17.0. The summed E-state index contributed by atoms with van der Waals surface area (Å²) in [6.07, 6.45) is -0.877. The third kappa shape index (κ3) is 4.40. The molecule has 6 nitrogen and oxygen atoms in total. The lowest BCUT2D eigenvalue weighted by atomic mass is 10.2. The summed E-state index contributed by atoms with van der Waals surface area (Å²) in [6.45, 7) is 1.51. The number of anilines is 1. The van der Waals surface area contributed by atoms with Gasteiger partial charge in [0.1, 0.15) is 5.75 Å². The summed E-state index contributed by atoms with van der Waals surface area (Å²) in [7, 11) is 0. The monoisotopic (exact) mass is 338 g/mol. The van der Waals surface area contributed by atoms with Gasteiger partial charge in [0.25, 0.3) is 5.91 Å². The smallest absolute Gasteiger partial charge is 0.306 e. The molecular formula is C15H12ClFN2O4. The van der Waals surface area contributed by atoms with Crippen molar-refractivity contribution in [3.63, 3.8) is 0 Å². The minimum atomic E-state index is -0.976. The number of amides is 1. The second-order valence-corrected chi connectivity index (χ2v) is 5.07. The highest BCUT2D eigenvalue weighted by atomic mass is 35.5. The molecule has 0 aromatic heterocycles. The number of carbonyl (C=O) groups excluding carboxylic acids is 1. The lowest BCUT2D eigenvalue weighted by Gasteiger charge is -2.14. The molecule has 2 aromatic rings. The fourth-order valence-electron chi connectivity index (χ4n) is 1.77. The van der Waals surface area contributed by atoms with Crippen molar-refractivity contribution >= 4 is 28.9 Å². The average molecular weight is 339 g/mol. The Morgan fingerprint density at radius 1 is 1.35 bits per heavy atom. The van der Waals surface area contributed by atoms with Gasteiger partial charge >= 0.3 is 5.69 Å². The molecule has 1 atom stereocenters. The normalized spacial score (nSPS) is 11.6. The molecule has 0 heterocycles. The highest BCUT2D eigenvalue weighted by Gasteiger charge is 2.18. The summed E-state index contributed by atoms with van der Waals surface area (Å²) in [5.74, 6) is -1.10. The maximum absolute atomic E-state index is 13.3. The Hall–Kier alpha value is -2.67. The fourth-order valence-corrected chi connectivity index (χ4v) is 1.95. The van der Waals surface area contributed by atoms with Crippen LogP contribution in [0.25, 0.3) is 0 Å². The van der Waals surface area contributed by atoms with Crippen molar-refractivity contribution in [2.24, 2.45) is 0 Å². The van der Waals surface area contributed by atoms with E-state index in [1.54, 1.807) is 24.3 Å². The number of ether oxygens (including phenoxy) is 1. The number of nitrogens with one attached hydrogen (secondary N) is 1. The van der Waals surface area contributed by atoms with Crippen molar-refractivity contribution in [3.05, 3.63) is 63.4 Å². The number of hydrogen-bond donors (Lipinski definition) is 1. The number of carbonyl (C=O) groups is 1. The molecule has 0 saturated heterocycles. The molecule has 1 N–H and O–H groups in total. The Bertz CT molecular complexity index is 754. The second-order valence-electron chi connectivity index (χ2n) is 4.63. The Morgan fingerprint density at radius 2 is 2.09 bits per heavy atom. The van der Waals surface area contributed by atoms with Gasteiger partial charge < -0.3 is 10.1 Å². The third-order valence-electron chi connectivity index (χ3n) is 2.89. The first-order valence-corrected chi connectivity index (χ1v) is 6.91. The number of nitro benzene ring substituents is 1. The molecule has 0 radical (unpaired) electrons. The molecular weight excluding hydrogens is 327 g/mol. The Labute approximate surface area is 136 Å². The van der Waals surface area contributed by atoms with Gasteiger partial charge in [0.2, 0.25) is 5.82 Å². The minimum Gasteiger partial charge on any atom is -0.481 e. The van der Waals surface area contributed by atoms with Crippen LogP contribution < -0.4 is 10.1 Å². The standard InChI is InChI=1S/C15H12ClFN2O4/c1-9(23-12-4-2-3-10(16)7-12)15(20)18-11-5-6-13(17)14(8-11)19(21)22/h2-9H,1H3,(H,18,20)/t9-/m1/s1. The van der Waals surface area contributed by atoms with E-state index in [1.165, 1.54) is 13.0 Å². The quantitative estimate of drug-likeness (QED) is 0.664. The number of hydrogen-bond acceptors (Lipinski definition) is 4. The SMILES string of the molecule is C[C@@H](Oc1cccc(Cl)c1)C(=O)Nc1ccc(F)c([N+](=O)[O-])c1. The predicted molar refractivity (Wildman–Crippen MR) is 83.2 cm³/mol. The van der Waals surface area contributed by atoms with E-state index in [1.807, 2.05) is 0 Å². The van der Waals surface area contributed by atoms with Crippen molar-refractivity contribution < 1.29 is 18.8 Å². The average Bonchev–Trinajstić information content (AvgIpc) is 2.48. The summed E-state index contributed by atoms with van der Waals surface area (Å²) in [5, 5.41) is 13.6. The van der Waals surface area contributed by atoms with Crippen LogP contribution in [0.3, 0.4) is 0 Å². The van der Waals surface area contributed by atoms with Gasteiger partial charge in [-0.15, -0.1) is 0 Å². The highest BCUT2D eigenvalue weighted by molar-refractivity contribution is 6.30. The van der Waals surface area contributed by atoms with Crippen molar-refractivity contribution in [1.82, 2.24) is 0 Å². The Kier molecular flexibility index (Phi) is 5.13. The van der Waals surface area contributed by atoms with Crippen molar-refractivity contribution in [1.29, 1.82) is 0 Å². The predicted octanol–water partition coefficient (Wildman–Crippen LogP) is 3.79. The van der Waals surface area contributed by atoms with Gasteiger partial charge in [0, 0.05) is 16.8 Å². The van der Waals surface area contributed by atoms with Gasteiger partial charge in [-0.3, -0.25) is 14.9 Å². The summed E-state index contributed by atoms with van der Waals surface area (Å²) in [6, 6.07) is 9.61. The first-order chi connectivity index (χ1) is 10.9. The van der Waals surface area contributed by atoms with Crippen LogP contribution in [0.4, 0.5) is 15.8 Å². The van der Waals surface area contributed by atoms with Crippen molar-refractivity contribution in [2.45, 2.75) is 13.0 Å². The van der Waals surface area contributed by atoms with Crippen LogP contribution in [0.5, 0.6) is 5.75 Å². The van der Waals surface area contributed by atoms with Gasteiger partial charge in [-0.25, -0.2) is 0 Å². The fraction of sp³-hybridized carbons (Fsp3) is 0.133. The van der Waals surface area contributed by atoms with E-state index >= 15 is 0 Å². The van der Waals surface area contributed by atoms with Crippen LogP contribution in [-0.4, -0.2) is 16.9 Å². The number of rotatable bonds is 5. The summed E-state index contributed by atoms with van der Waals surface area (Å²) in [5.41, 5.74) is -0.615. The third-order valence-corrected chi connectivity index (χ3v) is 3.12. The van der Waals surface area contributed by atoms with Crippen LogP contribution >= 0.6 is 11.6 Å². The first-order valence-electron chi connectivity index (χ1n) is 6.54. The molecule has 1 amide bonds. The van der Waals surface area contributed by atoms with E-state index in [0.29, 0.717) is 10.8 Å². The van der Waals surface area contributed by atoms with Crippen molar-refractivity contribution in [2.75, 3.05) is 5.32 Å². The molecule has 23 heavy (non-hydrogen) atoms. The van der Waals surface area contributed by atoms with E-state index in [0.717, 1.165) is 12.1 Å². The first kappa shape index (κ1) is 16.7. The summed E-state index contributed by atoms with van der Waals surface area (Å²) in [4.78, 5) is 21.9. The number of benzene rings is 2. The number of nitro groups is 1. The highest BCUT2D eigenvalue weighted by Crippen LogP contribution is 2.22. The molecule has 0 aliphatic heterocycles. The largest absolute Gasteiger partial charge is 0.481 e. The molecule has 120 valence electrons. The van der Waals surface area contributed by atoms with E-state index in [-0.39, 0.29) is 5.69 Å². The van der Waals surface area contributed by atoms with Crippen LogP contribution in [0, 0.1) is 15.9 Å². The van der Waals surface area contributed by atoms with Gasteiger partial charge in [-0.2, -0.15) is 4.39 Å². The van der Waals surface area contributed by atoms with E-state index < -0.39 is 28.4 Å². The van der Waals surface area contributed by atoms with Crippen LogP contribution in [0.15, 0.2) is 42.5 Å². The minimum absolute atomic E-state index is 0.102. The van der Waals surface area contributed by atoms with Gasteiger partial charge in [0.15, 0.2) is 6.10 Å². The molecule has 0 spiro atoms. The van der Waals surface area contributed by atoms with E-state index in [2.05, 4.69) is 5.32 Å². The molecule has 8 heteroatoms. The maximum Gasteiger partial charge on any atom is 0.306 e.